The van der Waals surface area contributed by atoms with Gasteiger partial charge in [0, 0.05) is 6.04 Å². The molecule has 1 saturated carbocycles. The molecule has 3 nitrogen and oxygen atoms in total. The lowest BCUT2D eigenvalue weighted by molar-refractivity contribution is 0.479. The van der Waals surface area contributed by atoms with E-state index >= 15 is 0 Å². The van der Waals surface area contributed by atoms with Gasteiger partial charge in [-0.2, -0.15) is 0 Å². The fourth-order valence-electron chi connectivity index (χ4n) is 2.91. The van der Waals surface area contributed by atoms with Crippen LogP contribution in [0.5, 0.6) is 0 Å². The number of nitrogens with zero attached hydrogens (tertiary/aromatic N) is 2. The Morgan fingerprint density at radius 3 is 1.85 bits per heavy atom. The first-order valence-electron chi connectivity index (χ1n) is 8.10. The van der Waals surface area contributed by atoms with E-state index in [1.165, 1.54) is 70.6 Å². The van der Waals surface area contributed by atoms with E-state index in [2.05, 4.69) is 15.5 Å². The molecule has 0 aliphatic heterocycles. The Bertz CT molecular complexity index is 354. The van der Waals surface area contributed by atoms with Crippen LogP contribution < -0.4 is 5.32 Å². The van der Waals surface area contributed by atoms with Crippen molar-refractivity contribution in [2.24, 2.45) is 0 Å². The van der Waals surface area contributed by atoms with Crippen molar-refractivity contribution in [1.82, 2.24) is 10.2 Å². The van der Waals surface area contributed by atoms with Crippen LogP contribution in [-0.4, -0.2) is 16.2 Å². The van der Waals surface area contributed by atoms with Crippen LogP contribution in [0, 0.1) is 0 Å². The van der Waals surface area contributed by atoms with Crippen molar-refractivity contribution in [3.05, 3.63) is 17.3 Å². The highest BCUT2D eigenvalue weighted by Gasteiger charge is 2.10. The third kappa shape index (κ3) is 6.08. The normalized spacial score (nSPS) is 19.9. The number of hydrogen-bond acceptors (Lipinski definition) is 3. The van der Waals surface area contributed by atoms with Gasteiger partial charge in [-0.15, -0.1) is 10.2 Å². The Labute approximate surface area is 127 Å². The topological polar surface area (TPSA) is 37.8 Å². The van der Waals surface area contributed by atoms with Crippen LogP contribution in [0.15, 0.2) is 12.1 Å². The maximum atomic E-state index is 5.77. The minimum Gasteiger partial charge on any atom is -0.366 e. The third-order valence-corrected chi connectivity index (χ3v) is 4.29. The molecule has 0 aromatic carbocycles. The van der Waals surface area contributed by atoms with Crippen LogP contribution in [-0.2, 0) is 0 Å². The zero-order valence-electron chi connectivity index (χ0n) is 12.3. The molecule has 112 valence electrons. The predicted octanol–water partition coefficient (Wildman–Crippen LogP) is 5.22. The summed E-state index contributed by atoms with van der Waals surface area (Å²) in [6.45, 7) is 0. The van der Waals surface area contributed by atoms with Gasteiger partial charge in [0.2, 0.25) is 0 Å². The smallest absolute Gasteiger partial charge is 0.151 e. The van der Waals surface area contributed by atoms with Crippen molar-refractivity contribution in [3.8, 4) is 0 Å². The third-order valence-electron chi connectivity index (χ3n) is 4.09. The minimum absolute atomic E-state index is 0.453. The maximum Gasteiger partial charge on any atom is 0.151 e. The van der Waals surface area contributed by atoms with Gasteiger partial charge >= 0.3 is 0 Å². The Hall–Kier alpha value is -0.830. The molecule has 1 aliphatic carbocycles. The molecule has 1 heterocycles. The summed E-state index contributed by atoms with van der Waals surface area (Å²) in [4.78, 5) is 0. The molecule has 1 aromatic rings. The molecule has 2 rings (SSSR count). The van der Waals surface area contributed by atoms with E-state index in [9.17, 15) is 0 Å². The van der Waals surface area contributed by atoms with E-state index in [0.29, 0.717) is 11.2 Å². The summed E-state index contributed by atoms with van der Waals surface area (Å²) in [7, 11) is 0. The number of nitrogens with one attached hydrogen (secondary N) is 1. The zero-order valence-corrected chi connectivity index (χ0v) is 13.0. The zero-order chi connectivity index (χ0) is 14.0. The van der Waals surface area contributed by atoms with E-state index in [4.69, 9.17) is 11.6 Å². The van der Waals surface area contributed by atoms with E-state index in [1.807, 2.05) is 6.07 Å². The second kappa shape index (κ2) is 9.17. The molecule has 1 aromatic heterocycles. The van der Waals surface area contributed by atoms with Crippen molar-refractivity contribution >= 4 is 17.4 Å². The van der Waals surface area contributed by atoms with E-state index in [1.54, 1.807) is 6.07 Å². The van der Waals surface area contributed by atoms with Crippen molar-refractivity contribution < 1.29 is 0 Å². The molecule has 4 heteroatoms. The average molecular weight is 296 g/mol. The minimum atomic E-state index is 0.453. The van der Waals surface area contributed by atoms with Crippen molar-refractivity contribution in [2.45, 2.75) is 76.7 Å². The van der Waals surface area contributed by atoms with Crippen LogP contribution >= 0.6 is 11.6 Å². The molecule has 0 amide bonds. The summed E-state index contributed by atoms with van der Waals surface area (Å²) in [5.41, 5.74) is 0. The first-order chi connectivity index (χ1) is 9.84. The lowest BCUT2D eigenvalue weighted by Crippen LogP contribution is -2.20. The fourth-order valence-corrected chi connectivity index (χ4v) is 3.01. The number of halogens is 1. The van der Waals surface area contributed by atoms with Gasteiger partial charge in [-0.3, -0.25) is 0 Å². The van der Waals surface area contributed by atoms with Gasteiger partial charge < -0.3 is 5.32 Å². The van der Waals surface area contributed by atoms with Crippen molar-refractivity contribution in [3.63, 3.8) is 0 Å². The molecule has 0 saturated heterocycles. The summed E-state index contributed by atoms with van der Waals surface area (Å²) >= 11 is 5.77. The molecule has 20 heavy (non-hydrogen) atoms. The summed E-state index contributed by atoms with van der Waals surface area (Å²) in [5.74, 6) is 0.853. The highest BCUT2D eigenvalue weighted by Crippen LogP contribution is 2.19. The van der Waals surface area contributed by atoms with Crippen LogP contribution in [0.3, 0.4) is 0 Å². The van der Waals surface area contributed by atoms with Gasteiger partial charge in [0.25, 0.3) is 0 Å². The maximum absolute atomic E-state index is 5.77. The highest BCUT2D eigenvalue weighted by molar-refractivity contribution is 6.29. The quantitative estimate of drug-likeness (QED) is 0.813. The Kier molecular flexibility index (Phi) is 7.13. The molecular formula is C16H26ClN3. The van der Waals surface area contributed by atoms with Gasteiger partial charge in [0.1, 0.15) is 5.82 Å². The SMILES string of the molecule is Clc1ccc(NC2CCCCCCCCCCC2)nn1. The lowest BCUT2D eigenvalue weighted by atomic mass is 9.98. The van der Waals surface area contributed by atoms with E-state index in [-0.39, 0.29) is 0 Å². The molecule has 0 atom stereocenters. The van der Waals surface area contributed by atoms with Crippen LogP contribution in [0.25, 0.3) is 0 Å². The summed E-state index contributed by atoms with van der Waals surface area (Å²) in [6, 6.07) is 4.25. The van der Waals surface area contributed by atoms with Gasteiger partial charge in [0.05, 0.1) is 0 Å². The van der Waals surface area contributed by atoms with Crippen LogP contribution in [0.1, 0.15) is 70.6 Å². The first-order valence-corrected chi connectivity index (χ1v) is 8.48. The Morgan fingerprint density at radius 1 is 0.800 bits per heavy atom. The number of rotatable bonds is 2. The summed E-state index contributed by atoms with van der Waals surface area (Å²) in [6.07, 6.45) is 14.9. The van der Waals surface area contributed by atoms with Crippen LogP contribution in [0.4, 0.5) is 5.82 Å². The van der Waals surface area contributed by atoms with Crippen molar-refractivity contribution in [1.29, 1.82) is 0 Å². The fraction of sp³-hybridized carbons (Fsp3) is 0.750. The molecule has 1 aliphatic rings. The monoisotopic (exact) mass is 295 g/mol. The van der Waals surface area contributed by atoms with Gasteiger partial charge in [0.15, 0.2) is 5.15 Å². The highest BCUT2D eigenvalue weighted by atomic mass is 35.5. The van der Waals surface area contributed by atoms with Gasteiger partial charge in [-0.1, -0.05) is 69.4 Å². The summed E-state index contributed by atoms with van der Waals surface area (Å²) in [5, 5.41) is 12.0. The second-order valence-corrected chi connectivity index (χ2v) is 6.23. The lowest BCUT2D eigenvalue weighted by Gasteiger charge is -2.19. The van der Waals surface area contributed by atoms with E-state index in [0.717, 1.165) is 5.82 Å². The second-order valence-electron chi connectivity index (χ2n) is 5.84. The first kappa shape index (κ1) is 15.6. The molecule has 0 unspecified atom stereocenters. The largest absolute Gasteiger partial charge is 0.366 e. The molecular weight excluding hydrogens is 270 g/mol. The molecule has 0 radical (unpaired) electrons. The number of anilines is 1. The predicted molar refractivity (Wildman–Crippen MR) is 85.2 cm³/mol. The Morgan fingerprint density at radius 2 is 1.35 bits per heavy atom. The van der Waals surface area contributed by atoms with Crippen LogP contribution in [0.2, 0.25) is 5.15 Å². The number of hydrogen-bond donors (Lipinski definition) is 1. The van der Waals surface area contributed by atoms with E-state index < -0.39 is 0 Å². The molecule has 1 N–H and O–H groups in total. The molecule has 1 fully saturated rings. The number of aromatic nitrogens is 2. The summed E-state index contributed by atoms with van der Waals surface area (Å²) < 4.78 is 0. The molecule has 0 spiro atoms. The standard InChI is InChI=1S/C16H26ClN3/c17-15-12-13-16(20-19-15)18-14-10-8-6-4-2-1-3-5-7-9-11-14/h12-14H,1-11H2,(H,18,20). The van der Waals surface area contributed by atoms with Crippen molar-refractivity contribution in [2.75, 3.05) is 5.32 Å². The van der Waals surface area contributed by atoms with Gasteiger partial charge in [-0.05, 0) is 25.0 Å². The van der Waals surface area contributed by atoms with Gasteiger partial charge in [-0.25, -0.2) is 0 Å². The Balaban J connectivity index is 1.83. The molecule has 0 bridgehead atoms. The average Bonchev–Trinajstić information content (AvgIpc) is 2.44.